The van der Waals surface area contributed by atoms with Crippen LogP contribution in [0.15, 0.2) is 23.0 Å². The summed E-state index contributed by atoms with van der Waals surface area (Å²) in [4.78, 5) is 0. The Hall–Kier alpha value is -0.800. The van der Waals surface area contributed by atoms with Crippen molar-refractivity contribution in [1.29, 1.82) is 0 Å². The zero-order valence-corrected chi connectivity index (χ0v) is 10.9. The zero-order chi connectivity index (χ0) is 12.1. The molecule has 1 fully saturated rings. The minimum atomic E-state index is 0.103. The molecular weight excluding hydrogens is 214 g/mol. The van der Waals surface area contributed by atoms with Crippen molar-refractivity contribution in [1.82, 2.24) is 5.32 Å². The minimum Gasteiger partial charge on any atom is -0.472 e. The SMILES string of the molecule is CCC1(CC)CC(NCc2ccoc2)CCO1. The molecule has 1 aromatic heterocycles. The van der Waals surface area contributed by atoms with Gasteiger partial charge in [-0.15, -0.1) is 0 Å². The molecule has 0 amide bonds. The Labute approximate surface area is 104 Å². The van der Waals surface area contributed by atoms with Crippen molar-refractivity contribution in [2.45, 2.75) is 57.7 Å². The molecule has 0 bridgehead atoms. The van der Waals surface area contributed by atoms with Crippen molar-refractivity contribution >= 4 is 0 Å². The summed E-state index contributed by atoms with van der Waals surface area (Å²) in [5, 5.41) is 3.61. The summed E-state index contributed by atoms with van der Waals surface area (Å²) in [7, 11) is 0. The molecule has 0 saturated carbocycles. The predicted molar refractivity (Wildman–Crippen MR) is 67.8 cm³/mol. The van der Waals surface area contributed by atoms with E-state index in [-0.39, 0.29) is 5.60 Å². The van der Waals surface area contributed by atoms with Gasteiger partial charge < -0.3 is 14.5 Å². The molecule has 1 aromatic rings. The van der Waals surface area contributed by atoms with Crippen LogP contribution in [-0.2, 0) is 11.3 Å². The molecule has 1 atom stereocenters. The molecule has 1 saturated heterocycles. The zero-order valence-electron chi connectivity index (χ0n) is 10.9. The van der Waals surface area contributed by atoms with Crippen LogP contribution in [0.3, 0.4) is 0 Å². The average Bonchev–Trinajstić information content (AvgIpc) is 2.90. The van der Waals surface area contributed by atoms with E-state index in [1.54, 1.807) is 12.5 Å². The molecule has 1 unspecified atom stereocenters. The van der Waals surface area contributed by atoms with E-state index in [2.05, 4.69) is 19.2 Å². The fraction of sp³-hybridized carbons (Fsp3) is 0.714. The summed E-state index contributed by atoms with van der Waals surface area (Å²) in [5.41, 5.74) is 1.32. The van der Waals surface area contributed by atoms with Gasteiger partial charge in [-0.05, 0) is 31.7 Å². The molecule has 1 aliphatic heterocycles. The van der Waals surface area contributed by atoms with Crippen LogP contribution in [0.5, 0.6) is 0 Å². The van der Waals surface area contributed by atoms with Crippen LogP contribution in [0.1, 0.15) is 45.1 Å². The van der Waals surface area contributed by atoms with E-state index in [4.69, 9.17) is 9.15 Å². The fourth-order valence-corrected chi connectivity index (χ4v) is 2.60. The van der Waals surface area contributed by atoms with Crippen molar-refractivity contribution in [2.24, 2.45) is 0 Å². The predicted octanol–water partition coefficient (Wildman–Crippen LogP) is 3.11. The summed E-state index contributed by atoms with van der Waals surface area (Å²) in [6, 6.07) is 2.58. The van der Waals surface area contributed by atoms with Gasteiger partial charge in [0.1, 0.15) is 0 Å². The maximum Gasteiger partial charge on any atom is 0.0947 e. The van der Waals surface area contributed by atoms with E-state index < -0.39 is 0 Å². The maximum atomic E-state index is 5.97. The lowest BCUT2D eigenvalue weighted by molar-refractivity contribution is -0.0932. The van der Waals surface area contributed by atoms with E-state index in [0.717, 1.165) is 38.8 Å². The van der Waals surface area contributed by atoms with Gasteiger partial charge in [-0.1, -0.05) is 13.8 Å². The highest BCUT2D eigenvalue weighted by atomic mass is 16.5. The second-order valence-electron chi connectivity index (χ2n) is 4.94. The molecule has 2 rings (SSSR count). The van der Waals surface area contributed by atoms with Gasteiger partial charge in [0.05, 0.1) is 18.1 Å². The lowest BCUT2D eigenvalue weighted by Crippen LogP contribution is -2.46. The van der Waals surface area contributed by atoms with Gasteiger partial charge in [-0.3, -0.25) is 0 Å². The van der Waals surface area contributed by atoms with Gasteiger partial charge >= 0.3 is 0 Å². The molecule has 0 spiro atoms. The fourth-order valence-electron chi connectivity index (χ4n) is 2.60. The Morgan fingerprint density at radius 2 is 2.24 bits per heavy atom. The van der Waals surface area contributed by atoms with Gasteiger partial charge in [0.15, 0.2) is 0 Å². The highest BCUT2D eigenvalue weighted by Crippen LogP contribution is 2.31. The second kappa shape index (κ2) is 5.69. The van der Waals surface area contributed by atoms with Crippen molar-refractivity contribution in [3.63, 3.8) is 0 Å². The molecule has 1 aliphatic rings. The average molecular weight is 237 g/mol. The van der Waals surface area contributed by atoms with Gasteiger partial charge in [0.2, 0.25) is 0 Å². The molecule has 0 aromatic carbocycles. The monoisotopic (exact) mass is 237 g/mol. The molecule has 3 nitrogen and oxygen atoms in total. The summed E-state index contributed by atoms with van der Waals surface area (Å²) in [6.45, 7) is 6.22. The molecule has 3 heteroatoms. The van der Waals surface area contributed by atoms with Gasteiger partial charge in [0, 0.05) is 24.8 Å². The third-order valence-electron chi connectivity index (χ3n) is 3.96. The van der Waals surface area contributed by atoms with E-state index in [1.807, 2.05) is 6.07 Å². The number of furan rings is 1. The van der Waals surface area contributed by atoms with Crippen molar-refractivity contribution in [2.75, 3.05) is 6.61 Å². The van der Waals surface area contributed by atoms with Crippen LogP contribution < -0.4 is 5.32 Å². The van der Waals surface area contributed by atoms with Crippen LogP contribution in [0.2, 0.25) is 0 Å². The lowest BCUT2D eigenvalue weighted by Gasteiger charge is -2.40. The first kappa shape index (κ1) is 12.7. The Morgan fingerprint density at radius 1 is 1.41 bits per heavy atom. The molecule has 2 heterocycles. The number of ether oxygens (including phenoxy) is 1. The Kier molecular flexibility index (Phi) is 4.24. The number of nitrogens with one attached hydrogen (secondary N) is 1. The highest BCUT2D eigenvalue weighted by Gasteiger charge is 2.34. The third-order valence-corrected chi connectivity index (χ3v) is 3.96. The Morgan fingerprint density at radius 3 is 2.88 bits per heavy atom. The maximum absolute atomic E-state index is 5.97. The quantitative estimate of drug-likeness (QED) is 0.854. The molecule has 0 aliphatic carbocycles. The lowest BCUT2D eigenvalue weighted by atomic mass is 9.86. The van der Waals surface area contributed by atoms with Crippen LogP contribution in [0, 0.1) is 0 Å². The standard InChI is InChI=1S/C14H23NO2/c1-3-14(4-2)9-13(6-8-17-14)15-10-12-5-7-16-11-12/h5,7,11,13,15H,3-4,6,8-10H2,1-2H3. The van der Waals surface area contributed by atoms with Gasteiger partial charge in [0.25, 0.3) is 0 Å². The normalized spacial score (nSPS) is 23.8. The van der Waals surface area contributed by atoms with E-state index in [0.29, 0.717) is 6.04 Å². The van der Waals surface area contributed by atoms with E-state index >= 15 is 0 Å². The topological polar surface area (TPSA) is 34.4 Å². The summed E-state index contributed by atoms with van der Waals surface area (Å²) < 4.78 is 11.0. The van der Waals surface area contributed by atoms with Gasteiger partial charge in [-0.2, -0.15) is 0 Å². The van der Waals surface area contributed by atoms with Crippen LogP contribution >= 0.6 is 0 Å². The number of rotatable bonds is 5. The first-order valence-corrected chi connectivity index (χ1v) is 6.66. The number of hydrogen-bond donors (Lipinski definition) is 1. The van der Waals surface area contributed by atoms with Crippen LogP contribution in [0.4, 0.5) is 0 Å². The Balaban J connectivity index is 1.85. The summed E-state index contributed by atoms with van der Waals surface area (Å²) in [6.07, 6.45) is 7.97. The molecular formula is C14H23NO2. The summed E-state index contributed by atoms with van der Waals surface area (Å²) in [5.74, 6) is 0. The van der Waals surface area contributed by atoms with E-state index in [9.17, 15) is 0 Å². The van der Waals surface area contributed by atoms with Crippen LogP contribution in [0.25, 0.3) is 0 Å². The third kappa shape index (κ3) is 3.11. The molecule has 0 radical (unpaired) electrons. The first-order valence-electron chi connectivity index (χ1n) is 6.66. The van der Waals surface area contributed by atoms with Crippen molar-refractivity contribution < 1.29 is 9.15 Å². The minimum absolute atomic E-state index is 0.103. The highest BCUT2D eigenvalue weighted by molar-refractivity contribution is 5.05. The summed E-state index contributed by atoms with van der Waals surface area (Å²) >= 11 is 0. The number of hydrogen-bond acceptors (Lipinski definition) is 3. The van der Waals surface area contributed by atoms with E-state index in [1.165, 1.54) is 5.56 Å². The second-order valence-corrected chi connectivity index (χ2v) is 4.94. The Bertz CT molecular complexity index is 317. The van der Waals surface area contributed by atoms with Crippen LogP contribution in [-0.4, -0.2) is 18.2 Å². The van der Waals surface area contributed by atoms with Gasteiger partial charge in [-0.25, -0.2) is 0 Å². The molecule has 1 N–H and O–H groups in total. The first-order chi connectivity index (χ1) is 8.28. The largest absolute Gasteiger partial charge is 0.472 e. The van der Waals surface area contributed by atoms with Crippen molar-refractivity contribution in [3.05, 3.63) is 24.2 Å². The van der Waals surface area contributed by atoms with Crippen molar-refractivity contribution in [3.8, 4) is 0 Å². The molecule has 96 valence electrons. The molecule has 17 heavy (non-hydrogen) atoms. The smallest absolute Gasteiger partial charge is 0.0947 e.